The maximum absolute atomic E-state index is 12.2. The molecule has 0 saturated carbocycles. The molecular formula is C26H28N5O4+. The summed E-state index contributed by atoms with van der Waals surface area (Å²) in [5, 5.41) is 0.806. The lowest BCUT2D eigenvalue weighted by molar-refractivity contribution is -0.505. The van der Waals surface area contributed by atoms with Crippen LogP contribution in [0.5, 0.6) is 11.5 Å². The second kappa shape index (κ2) is 8.88. The summed E-state index contributed by atoms with van der Waals surface area (Å²) in [6.45, 7) is 3.63. The Morgan fingerprint density at radius 2 is 2.14 bits per heavy atom. The van der Waals surface area contributed by atoms with Crippen LogP contribution in [-0.2, 0) is 6.42 Å². The number of nitrogens with zero attached hydrogens (tertiary/aromatic N) is 4. The van der Waals surface area contributed by atoms with Crippen molar-refractivity contribution in [2.24, 2.45) is 5.92 Å². The SMILES string of the molecule is COc1cccc2c1[C@@H]1CN(CCCCc3ncc4ccc5c(c4n3)N[N+](=O)CC5=O)C[C@@H]1CO2. The standard InChI is InChI=1S/C26H27N5O4/c1-34-21-5-4-6-22-24(21)19-13-30(12-17(19)15-35-22)10-3-2-7-23-27-11-16-8-9-18-20(32)14-31(33)29-26(18)25(16)28-23/h4-6,8-9,11,17,19H,2-3,7,10,12-15H2,1H3/p+1/t17-,19-/m1/s1. The van der Waals surface area contributed by atoms with E-state index in [9.17, 15) is 9.70 Å². The van der Waals surface area contributed by atoms with E-state index in [0.29, 0.717) is 33.5 Å². The lowest BCUT2D eigenvalue weighted by Gasteiger charge is -2.29. The fourth-order valence-electron chi connectivity index (χ4n) is 5.63. The highest BCUT2D eigenvalue weighted by atomic mass is 16.5. The maximum Gasteiger partial charge on any atom is 0.287 e. The van der Waals surface area contributed by atoms with Crippen molar-refractivity contribution in [2.75, 3.05) is 45.3 Å². The summed E-state index contributed by atoms with van der Waals surface area (Å²) in [5.74, 6) is 3.34. The van der Waals surface area contributed by atoms with Gasteiger partial charge in [0.1, 0.15) is 33.4 Å². The Balaban J connectivity index is 1.09. The highest BCUT2D eigenvalue weighted by Gasteiger charge is 2.40. The fraction of sp³-hybridized carbons (Fsp3) is 0.423. The number of likely N-dealkylation sites (tertiary alicyclic amines) is 1. The molecule has 0 unspecified atom stereocenters. The monoisotopic (exact) mass is 474 g/mol. The summed E-state index contributed by atoms with van der Waals surface area (Å²) in [6.07, 6.45) is 4.51. The van der Waals surface area contributed by atoms with E-state index < -0.39 is 0 Å². The molecule has 180 valence electrons. The first-order valence-electron chi connectivity index (χ1n) is 12.2. The van der Waals surface area contributed by atoms with E-state index in [-0.39, 0.29) is 12.3 Å². The molecule has 0 amide bonds. The first-order chi connectivity index (χ1) is 17.1. The van der Waals surface area contributed by atoms with Gasteiger partial charge in [-0.2, -0.15) is 0 Å². The van der Waals surface area contributed by atoms with Crippen LogP contribution in [0.4, 0.5) is 5.69 Å². The smallest absolute Gasteiger partial charge is 0.287 e. The number of carbonyl (C=O) groups excluding carboxylic acids is 1. The minimum absolute atomic E-state index is 0.195. The predicted octanol–water partition coefficient (Wildman–Crippen LogP) is 3.37. The van der Waals surface area contributed by atoms with Gasteiger partial charge in [-0.3, -0.25) is 4.79 Å². The van der Waals surface area contributed by atoms with E-state index in [2.05, 4.69) is 15.3 Å². The number of benzene rings is 2. The second-order valence-corrected chi connectivity index (χ2v) is 9.55. The van der Waals surface area contributed by atoms with E-state index in [1.54, 1.807) is 19.4 Å². The van der Waals surface area contributed by atoms with Gasteiger partial charge in [-0.25, -0.2) is 9.97 Å². The number of nitroso groups, excluding NO2 is 1. The fourth-order valence-corrected chi connectivity index (χ4v) is 5.63. The molecule has 6 rings (SSSR count). The normalized spacial score (nSPS) is 21.2. The van der Waals surface area contributed by atoms with Crippen molar-refractivity contribution < 1.29 is 19.1 Å². The summed E-state index contributed by atoms with van der Waals surface area (Å²) < 4.78 is 11.7. The Morgan fingerprint density at radius 3 is 3.03 bits per heavy atom. The molecule has 9 nitrogen and oxygen atoms in total. The number of rotatable bonds is 6. The summed E-state index contributed by atoms with van der Waals surface area (Å²) >= 11 is 0. The maximum atomic E-state index is 12.2. The zero-order valence-corrected chi connectivity index (χ0v) is 19.7. The van der Waals surface area contributed by atoms with Crippen molar-refractivity contribution in [3.8, 4) is 11.5 Å². The number of carbonyl (C=O) groups is 1. The zero-order chi connectivity index (χ0) is 23.9. The number of nitrogens with one attached hydrogen (secondary N) is 1. The van der Waals surface area contributed by atoms with Gasteiger partial charge in [0.25, 0.3) is 6.54 Å². The summed E-state index contributed by atoms with van der Waals surface area (Å²) in [6, 6.07) is 9.61. The van der Waals surface area contributed by atoms with E-state index in [1.807, 2.05) is 24.3 Å². The van der Waals surface area contributed by atoms with Gasteiger partial charge in [0.05, 0.1) is 24.2 Å². The number of aromatic nitrogens is 2. The zero-order valence-electron chi connectivity index (χ0n) is 19.7. The molecule has 1 saturated heterocycles. The molecule has 0 radical (unpaired) electrons. The largest absolute Gasteiger partial charge is 0.496 e. The van der Waals surface area contributed by atoms with Gasteiger partial charge in [0.2, 0.25) is 5.78 Å². The van der Waals surface area contributed by atoms with Crippen LogP contribution in [0.3, 0.4) is 0 Å². The van der Waals surface area contributed by atoms with Crippen LogP contribution < -0.4 is 14.9 Å². The number of hydrogen-bond acceptors (Lipinski definition) is 7. The van der Waals surface area contributed by atoms with Crippen molar-refractivity contribution in [1.82, 2.24) is 14.9 Å². The third-order valence-corrected chi connectivity index (χ3v) is 7.34. The van der Waals surface area contributed by atoms with Gasteiger partial charge >= 0.3 is 0 Å². The highest BCUT2D eigenvalue weighted by Crippen LogP contribution is 2.46. The van der Waals surface area contributed by atoms with Crippen molar-refractivity contribution in [3.63, 3.8) is 0 Å². The minimum Gasteiger partial charge on any atom is -0.496 e. The van der Waals surface area contributed by atoms with Crippen LogP contribution in [0.2, 0.25) is 0 Å². The number of fused-ring (bicyclic) bond motifs is 6. The number of ether oxygens (including phenoxy) is 2. The van der Waals surface area contributed by atoms with Crippen LogP contribution >= 0.6 is 0 Å². The van der Waals surface area contributed by atoms with E-state index >= 15 is 0 Å². The second-order valence-electron chi connectivity index (χ2n) is 9.55. The molecule has 4 heterocycles. The van der Waals surface area contributed by atoms with E-state index in [0.717, 1.165) is 68.2 Å². The predicted molar refractivity (Wildman–Crippen MR) is 130 cm³/mol. The summed E-state index contributed by atoms with van der Waals surface area (Å²) in [4.78, 5) is 36.3. The van der Waals surface area contributed by atoms with E-state index in [1.165, 1.54) is 5.56 Å². The molecule has 35 heavy (non-hydrogen) atoms. The molecule has 3 aliphatic heterocycles. The van der Waals surface area contributed by atoms with Crippen LogP contribution in [0.15, 0.2) is 36.5 Å². The van der Waals surface area contributed by atoms with Gasteiger partial charge in [-0.15, -0.1) is 5.43 Å². The van der Waals surface area contributed by atoms with Gasteiger partial charge in [-0.05, 0) is 37.6 Å². The molecule has 3 aliphatic rings. The molecule has 1 N–H and O–H groups in total. The van der Waals surface area contributed by atoms with Gasteiger partial charge in [-0.1, -0.05) is 12.1 Å². The first-order valence-corrected chi connectivity index (χ1v) is 12.2. The van der Waals surface area contributed by atoms with Crippen molar-refractivity contribution in [3.05, 3.63) is 58.4 Å². The minimum atomic E-state index is -0.201. The molecule has 1 aromatic heterocycles. The Kier molecular flexibility index (Phi) is 5.56. The highest BCUT2D eigenvalue weighted by molar-refractivity contribution is 6.09. The Labute approximate surface area is 203 Å². The third kappa shape index (κ3) is 3.99. The Bertz CT molecular complexity index is 1310. The van der Waals surface area contributed by atoms with Gasteiger partial charge in [0, 0.05) is 48.5 Å². The summed E-state index contributed by atoms with van der Waals surface area (Å²) in [5.41, 5.74) is 5.57. The average Bonchev–Trinajstić information content (AvgIpc) is 3.29. The number of ketones is 1. The number of Topliss-reactive ketones (excluding diaryl/α,β-unsaturated/α-hetero) is 1. The molecule has 1 fully saturated rings. The van der Waals surface area contributed by atoms with Crippen LogP contribution in [0.25, 0.3) is 10.9 Å². The molecule has 2 aromatic carbocycles. The number of aryl methyl sites for hydroxylation is 1. The number of unbranched alkanes of at least 4 members (excludes halogenated alkanes) is 1. The molecule has 9 heteroatoms. The lowest BCUT2D eigenvalue weighted by Crippen LogP contribution is -2.30. The van der Waals surface area contributed by atoms with Crippen molar-refractivity contribution in [1.29, 1.82) is 0 Å². The number of methoxy groups -OCH3 is 1. The molecule has 2 atom stereocenters. The Morgan fingerprint density at radius 1 is 1.23 bits per heavy atom. The first kappa shape index (κ1) is 21.9. The topological polar surface area (TPSA) is 96.7 Å². The number of hydrogen-bond donors (Lipinski definition) is 1. The molecule has 0 bridgehead atoms. The average molecular weight is 475 g/mol. The molecule has 3 aromatic rings. The lowest BCUT2D eigenvalue weighted by atomic mass is 9.86. The number of anilines is 1. The van der Waals surface area contributed by atoms with Crippen molar-refractivity contribution >= 4 is 22.4 Å². The molecule has 0 aliphatic carbocycles. The van der Waals surface area contributed by atoms with Gasteiger partial charge < -0.3 is 14.4 Å². The van der Waals surface area contributed by atoms with Gasteiger partial charge in [0.15, 0.2) is 0 Å². The Hall–Kier alpha value is -3.59. The van der Waals surface area contributed by atoms with Crippen LogP contribution in [0, 0.1) is 10.8 Å². The molecular weight excluding hydrogens is 446 g/mol. The van der Waals surface area contributed by atoms with Crippen molar-refractivity contribution in [2.45, 2.75) is 25.2 Å². The number of hydrazine groups is 1. The molecule has 0 spiro atoms. The van der Waals surface area contributed by atoms with Crippen LogP contribution in [0.1, 0.15) is 40.5 Å². The quantitative estimate of drug-likeness (QED) is 0.429. The van der Waals surface area contributed by atoms with Crippen LogP contribution in [-0.4, -0.2) is 65.4 Å². The third-order valence-electron chi connectivity index (χ3n) is 7.34. The summed E-state index contributed by atoms with van der Waals surface area (Å²) in [7, 11) is 1.72. The van der Waals surface area contributed by atoms with E-state index in [4.69, 9.17) is 14.5 Å².